The SMILES string of the molecule is CC1(C)Cc2cc(C(C)(C)CC(=O)O)ccc2O1. The molecule has 18 heavy (non-hydrogen) atoms. The summed E-state index contributed by atoms with van der Waals surface area (Å²) in [4.78, 5) is 10.9. The van der Waals surface area contributed by atoms with Crippen LogP contribution in [0.15, 0.2) is 18.2 Å². The van der Waals surface area contributed by atoms with Crippen LogP contribution >= 0.6 is 0 Å². The van der Waals surface area contributed by atoms with Crippen LogP contribution in [0.4, 0.5) is 0 Å². The second-order valence-corrected chi connectivity index (χ2v) is 6.32. The highest BCUT2D eigenvalue weighted by Crippen LogP contribution is 2.38. The van der Waals surface area contributed by atoms with Crippen LogP contribution in [0.1, 0.15) is 45.2 Å². The van der Waals surface area contributed by atoms with Crippen LogP contribution in [-0.4, -0.2) is 16.7 Å². The highest BCUT2D eigenvalue weighted by molar-refractivity contribution is 5.69. The molecule has 98 valence electrons. The van der Waals surface area contributed by atoms with E-state index in [-0.39, 0.29) is 17.4 Å². The van der Waals surface area contributed by atoms with E-state index in [0.717, 1.165) is 17.7 Å². The fourth-order valence-electron chi connectivity index (χ4n) is 2.51. The zero-order valence-corrected chi connectivity index (χ0v) is 11.4. The molecule has 1 aromatic carbocycles. The summed E-state index contributed by atoms with van der Waals surface area (Å²) in [6.45, 7) is 8.05. The normalized spacial score (nSPS) is 17.1. The number of aliphatic carboxylic acids is 1. The van der Waals surface area contributed by atoms with Crippen LogP contribution in [0.5, 0.6) is 5.75 Å². The molecule has 0 saturated carbocycles. The van der Waals surface area contributed by atoms with Gasteiger partial charge in [0.1, 0.15) is 11.4 Å². The molecule has 0 aromatic heterocycles. The third-order valence-electron chi connectivity index (χ3n) is 3.44. The average Bonchev–Trinajstić information content (AvgIpc) is 2.47. The molecule has 0 spiro atoms. The van der Waals surface area contributed by atoms with Gasteiger partial charge in [-0.3, -0.25) is 4.79 Å². The Balaban J connectivity index is 2.31. The number of carboxylic acid groups (broad SMARTS) is 1. The number of hydrogen-bond acceptors (Lipinski definition) is 2. The first-order valence-electron chi connectivity index (χ1n) is 6.24. The van der Waals surface area contributed by atoms with Crippen LogP contribution in [-0.2, 0) is 16.6 Å². The predicted molar refractivity (Wildman–Crippen MR) is 70.1 cm³/mol. The fraction of sp³-hybridized carbons (Fsp3) is 0.533. The molecule has 2 rings (SSSR count). The summed E-state index contributed by atoms with van der Waals surface area (Å²) in [7, 11) is 0. The van der Waals surface area contributed by atoms with E-state index in [1.807, 2.05) is 26.0 Å². The third-order valence-corrected chi connectivity index (χ3v) is 3.44. The van der Waals surface area contributed by atoms with E-state index in [0.29, 0.717) is 0 Å². The molecule has 0 aliphatic carbocycles. The highest BCUT2D eigenvalue weighted by Gasteiger charge is 2.32. The minimum absolute atomic E-state index is 0.135. The van der Waals surface area contributed by atoms with Crippen molar-refractivity contribution in [3.05, 3.63) is 29.3 Å². The lowest BCUT2D eigenvalue weighted by atomic mass is 9.80. The molecule has 0 amide bonds. The van der Waals surface area contributed by atoms with Crippen LogP contribution in [0.2, 0.25) is 0 Å². The number of benzene rings is 1. The number of carbonyl (C=O) groups is 1. The lowest BCUT2D eigenvalue weighted by Gasteiger charge is -2.23. The molecule has 0 unspecified atom stereocenters. The standard InChI is InChI=1S/C15H20O3/c1-14(2,9-13(16)17)11-5-6-12-10(7-11)8-15(3,4)18-12/h5-7H,8-9H2,1-4H3,(H,16,17). The second-order valence-electron chi connectivity index (χ2n) is 6.32. The van der Waals surface area contributed by atoms with Crippen molar-refractivity contribution < 1.29 is 14.6 Å². The first-order valence-corrected chi connectivity index (χ1v) is 6.24. The van der Waals surface area contributed by atoms with E-state index >= 15 is 0 Å². The van der Waals surface area contributed by atoms with Crippen molar-refractivity contribution in [1.29, 1.82) is 0 Å². The van der Waals surface area contributed by atoms with Gasteiger partial charge in [0.25, 0.3) is 0 Å². The van der Waals surface area contributed by atoms with Crippen molar-refractivity contribution in [1.82, 2.24) is 0 Å². The first-order chi connectivity index (χ1) is 8.20. The summed E-state index contributed by atoms with van der Waals surface area (Å²) in [6.07, 6.45) is 1.01. The first kappa shape index (κ1) is 12.9. The smallest absolute Gasteiger partial charge is 0.304 e. The van der Waals surface area contributed by atoms with E-state index in [2.05, 4.69) is 19.9 Å². The Labute approximate surface area is 108 Å². The molecular formula is C15H20O3. The minimum Gasteiger partial charge on any atom is -0.487 e. The molecule has 1 aromatic rings. The maximum atomic E-state index is 10.9. The molecule has 0 atom stereocenters. The van der Waals surface area contributed by atoms with Crippen LogP contribution < -0.4 is 4.74 Å². The summed E-state index contributed by atoms with van der Waals surface area (Å²) in [5.41, 5.74) is 1.73. The largest absolute Gasteiger partial charge is 0.487 e. The number of rotatable bonds is 3. The van der Waals surface area contributed by atoms with Crippen LogP contribution in [0.3, 0.4) is 0 Å². The highest BCUT2D eigenvalue weighted by atomic mass is 16.5. The van der Waals surface area contributed by atoms with Crippen molar-refractivity contribution in [3.63, 3.8) is 0 Å². The molecule has 3 heteroatoms. The van der Waals surface area contributed by atoms with Crippen molar-refractivity contribution in [3.8, 4) is 5.75 Å². The van der Waals surface area contributed by atoms with E-state index in [1.165, 1.54) is 5.56 Å². The molecule has 1 aliphatic rings. The van der Waals surface area contributed by atoms with E-state index in [1.54, 1.807) is 0 Å². The van der Waals surface area contributed by atoms with Gasteiger partial charge in [0.2, 0.25) is 0 Å². The van der Waals surface area contributed by atoms with Crippen molar-refractivity contribution >= 4 is 5.97 Å². The molecule has 1 aliphatic heterocycles. The average molecular weight is 248 g/mol. The van der Waals surface area contributed by atoms with Crippen molar-refractivity contribution in [2.45, 2.75) is 51.6 Å². The molecule has 1 N–H and O–H groups in total. The quantitative estimate of drug-likeness (QED) is 0.893. The fourth-order valence-corrected chi connectivity index (χ4v) is 2.51. The van der Waals surface area contributed by atoms with Gasteiger partial charge >= 0.3 is 5.97 Å². The van der Waals surface area contributed by atoms with E-state index in [4.69, 9.17) is 9.84 Å². The van der Waals surface area contributed by atoms with Gasteiger partial charge in [0, 0.05) is 11.8 Å². The molecule has 3 nitrogen and oxygen atoms in total. The van der Waals surface area contributed by atoms with Gasteiger partial charge in [-0.15, -0.1) is 0 Å². The molecular weight excluding hydrogens is 228 g/mol. The van der Waals surface area contributed by atoms with E-state index < -0.39 is 5.97 Å². The Morgan fingerprint density at radius 3 is 2.72 bits per heavy atom. The molecule has 0 fully saturated rings. The summed E-state index contributed by atoms with van der Waals surface area (Å²) >= 11 is 0. The third kappa shape index (κ3) is 2.50. The van der Waals surface area contributed by atoms with Crippen LogP contribution in [0, 0.1) is 0 Å². The molecule has 0 saturated heterocycles. The summed E-state index contributed by atoms with van der Waals surface area (Å²) in [5, 5.41) is 8.96. The lowest BCUT2D eigenvalue weighted by molar-refractivity contribution is -0.138. The summed E-state index contributed by atoms with van der Waals surface area (Å²) in [5.74, 6) is 0.159. The van der Waals surface area contributed by atoms with Gasteiger partial charge in [-0.2, -0.15) is 0 Å². The zero-order valence-electron chi connectivity index (χ0n) is 11.4. The topological polar surface area (TPSA) is 46.5 Å². The van der Waals surface area contributed by atoms with Gasteiger partial charge in [0.05, 0.1) is 6.42 Å². The number of ether oxygens (including phenoxy) is 1. The second kappa shape index (κ2) is 4.01. The lowest BCUT2D eigenvalue weighted by Crippen LogP contribution is -2.24. The molecule has 1 heterocycles. The monoisotopic (exact) mass is 248 g/mol. The molecule has 0 bridgehead atoms. The number of hydrogen-bond donors (Lipinski definition) is 1. The van der Waals surface area contributed by atoms with Crippen LogP contribution in [0.25, 0.3) is 0 Å². The predicted octanol–water partition coefficient (Wildman–Crippen LogP) is 3.15. The van der Waals surface area contributed by atoms with Gasteiger partial charge in [-0.1, -0.05) is 26.0 Å². The maximum absolute atomic E-state index is 10.9. The maximum Gasteiger partial charge on any atom is 0.304 e. The zero-order chi connectivity index (χ0) is 13.6. The Bertz CT molecular complexity index is 487. The van der Waals surface area contributed by atoms with Crippen molar-refractivity contribution in [2.24, 2.45) is 0 Å². The van der Waals surface area contributed by atoms with Gasteiger partial charge in [0.15, 0.2) is 0 Å². The summed E-state index contributed by atoms with van der Waals surface area (Å²) < 4.78 is 5.83. The number of carboxylic acids is 1. The van der Waals surface area contributed by atoms with Gasteiger partial charge in [-0.05, 0) is 31.0 Å². The Hall–Kier alpha value is -1.51. The molecule has 0 radical (unpaired) electrons. The summed E-state index contributed by atoms with van der Waals surface area (Å²) in [6, 6.07) is 6.03. The Morgan fingerprint density at radius 1 is 1.44 bits per heavy atom. The Kier molecular flexibility index (Phi) is 2.88. The van der Waals surface area contributed by atoms with Crippen molar-refractivity contribution in [2.75, 3.05) is 0 Å². The number of fused-ring (bicyclic) bond motifs is 1. The van der Waals surface area contributed by atoms with Gasteiger partial charge < -0.3 is 9.84 Å². The Morgan fingerprint density at radius 2 is 2.11 bits per heavy atom. The van der Waals surface area contributed by atoms with E-state index in [9.17, 15) is 4.79 Å². The van der Waals surface area contributed by atoms with Gasteiger partial charge in [-0.25, -0.2) is 0 Å². The minimum atomic E-state index is -0.767.